The Bertz CT molecular complexity index is 264. The van der Waals surface area contributed by atoms with Gasteiger partial charge in [0.2, 0.25) is 0 Å². The van der Waals surface area contributed by atoms with Gasteiger partial charge in [-0.2, -0.15) is 5.10 Å². The Hall–Kier alpha value is -1.45. The maximum absolute atomic E-state index is 10.9. The maximum Gasteiger partial charge on any atom is 0.272 e. The molecule has 50 valence electrons. The van der Waals surface area contributed by atoms with Crippen molar-refractivity contribution in [3.8, 4) is 0 Å². The van der Waals surface area contributed by atoms with Gasteiger partial charge in [0.1, 0.15) is 5.71 Å². The summed E-state index contributed by atoms with van der Waals surface area (Å²) in [7, 11) is 0. The Morgan fingerprint density at radius 1 is 1.60 bits per heavy atom. The molecule has 0 bridgehead atoms. The molecule has 0 aliphatic carbocycles. The van der Waals surface area contributed by atoms with Gasteiger partial charge in [0.05, 0.1) is 5.92 Å². The molecule has 1 amide bonds. The standard InChI is InChI=1S/C6H5N3O/c10-6-5-4(1-2-7-6)3-8-9-5/h1-4H,(H,7,10). The van der Waals surface area contributed by atoms with Crippen molar-refractivity contribution in [3.63, 3.8) is 0 Å². The average molecular weight is 135 g/mol. The molecule has 4 heteroatoms. The summed E-state index contributed by atoms with van der Waals surface area (Å²) in [4.78, 5) is 10.9. The maximum atomic E-state index is 10.9. The highest BCUT2D eigenvalue weighted by Gasteiger charge is 2.24. The molecule has 2 aliphatic rings. The second-order valence-electron chi connectivity index (χ2n) is 2.11. The van der Waals surface area contributed by atoms with E-state index in [9.17, 15) is 4.79 Å². The molecule has 0 spiro atoms. The Balaban J connectivity index is 2.41. The van der Waals surface area contributed by atoms with Crippen LogP contribution in [0.5, 0.6) is 0 Å². The molecule has 2 aliphatic heterocycles. The number of carbonyl (C=O) groups excluding carboxylic acids is 1. The van der Waals surface area contributed by atoms with Crippen molar-refractivity contribution >= 4 is 17.8 Å². The van der Waals surface area contributed by atoms with Crippen LogP contribution in [-0.2, 0) is 4.79 Å². The first-order chi connectivity index (χ1) is 4.88. The molecular formula is C6H5N3O. The van der Waals surface area contributed by atoms with Crippen molar-refractivity contribution in [1.29, 1.82) is 0 Å². The Morgan fingerprint density at radius 2 is 2.50 bits per heavy atom. The number of amides is 1. The Morgan fingerprint density at radius 3 is 3.30 bits per heavy atom. The van der Waals surface area contributed by atoms with Gasteiger partial charge in [-0.15, -0.1) is 5.10 Å². The third-order valence-electron chi connectivity index (χ3n) is 1.46. The lowest BCUT2D eigenvalue weighted by Gasteiger charge is -2.08. The number of nitrogens with one attached hydrogen (secondary N) is 1. The lowest BCUT2D eigenvalue weighted by Crippen LogP contribution is -2.34. The fourth-order valence-corrected chi connectivity index (χ4v) is 0.944. The van der Waals surface area contributed by atoms with Gasteiger partial charge in [-0.25, -0.2) is 0 Å². The molecule has 1 atom stereocenters. The number of hydrogen-bond acceptors (Lipinski definition) is 3. The number of allylic oxidation sites excluding steroid dienone is 1. The summed E-state index contributed by atoms with van der Waals surface area (Å²) in [6, 6.07) is 0. The first-order valence-electron chi connectivity index (χ1n) is 2.96. The van der Waals surface area contributed by atoms with Crippen molar-refractivity contribution in [2.75, 3.05) is 0 Å². The van der Waals surface area contributed by atoms with Crippen LogP contribution in [0, 0.1) is 5.92 Å². The minimum Gasteiger partial charge on any atom is -0.328 e. The molecule has 0 fully saturated rings. The normalized spacial score (nSPS) is 27.8. The van der Waals surface area contributed by atoms with E-state index in [2.05, 4.69) is 15.5 Å². The van der Waals surface area contributed by atoms with Crippen LogP contribution in [0.2, 0.25) is 0 Å². The van der Waals surface area contributed by atoms with Crippen molar-refractivity contribution in [2.24, 2.45) is 16.1 Å². The minimum absolute atomic E-state index is 0.00810. The first-order valence-corrected chi connectivity index (χ1v) is 2.96. The summed E-state index contributed by atoms with van der Waals surface area (Å²) in [6.07, 6.45) is 5.10. The van der Waals surface area contributed by atoms with Crippen molar-refractivity contribution in [3.05, 3.63) is 12.3 Å². The van der Waals surface area contributed by atoms with E-state index < -0.39 is 0 Å². The third kappa shape index (κ3) is 0.586. The van der Waals surface area contributed by atoms with Crippen LogP contribution in [-0.4, -0.2) is 17.8 Å². The molecule has 2 rings (SSSR count). The van der Waals surface area contributed by atoms with Gasteiger partial charge < -0.3 is 5.32 Å². The van der Waals surface area contributed by atoms with Crippen molar-refractivity contribution in [1.82, 2.24) is 5.32 Å². The average Bonchev–Trinajstić information content (AvgIpc) is 2.36. The van der Waals surface area contributed by atoms with Crippen LogP contribution in [0.25, 0.3) is 0 Å². The summed E-state index contributed by atoms with van der Waals surface area (Å²) < 4.78 is 0. The number of carbonyl (C=O) groups is 1. The van der Waals surface area contributed by atoms with Gasteiger partial charge in [-0.05, 0) is 0 Å². The predicted octanol–water partition coefficient (Wildman–Crippen LogP) is -0.314. The first kappa shape index (κ1) is 5.34. The Kier molecular flexibility index (Phi) is 0.943. The van der Waals surface area contributed by atoms with Gasteiger partial charge in [0.15, 0.2) is 0 Å². The largest absolute Gasteiger partial charge is 0.328 e. The molecule has 0 saturated carbocycles. The lowest BCUT2D eigenvalue weighted by molar-refractivity contribution is -0.114. The minimum atomic E-state index is -0.148. The lowest BCUT2D eigenvalue weighted by atomic mass is 10.0. The van der Waals surface area contributed by atoms with Crippen LogP contribution in [0.15, 0.2) is 22.5 Å². The second-order valence-corrected chi connectivity index (χ2v) is 2.11. The van der Waals surface area contributed by atoms with Gasteiger partial charge in [0, 0.05) is 12.4 Å². The molecule has 0 aromatic rings. The summed E-state index contributed by atoms with van der Waals surface area (Å²) in [6.45, 7) is 0. The van der Waals surface area contributed by atoms with E-state index in [1.54, 1.807) is 12.4 Å². The number of nitrogens with zero attached hydrogens (tertiary/aromatic N) is 2. The van der Waals surface area contributed by atoms with E-state index in [0.29, 0.717) is 5.71 Å². The number of hydrogen-bond donors (Lipinski definition) is 1. The van der Waals surface area contributed by atoms with Crippen molar-refractivity contribution < 1.29 is 4.79 Å². The topological polar surface area (TPSA) is 53.8 Å². The number of rotatable bonds is 0. The van der Waals surface area contributed by atoms with Crippen LogP contribution >= 0.6 is 0 Å². The summed E-state index contributed by atoms with van der Waals surface area (Å²) in [5, 5.41) is 9.81. The zero-order valence-corrected chi connectivity index (χ0v) is 5.11. The quantitative estimate of drug-likeness (QED) is 0.486. The van der Waals surface area contributed by atoms with E-state index in [4.69, 9.17) is 0 Å². The molecule has 4 nitrogen and oxygen atoms in total. The molecular weight excluding hydrogens is 130 g/mol. The fourth-order valence-electron chi connectivity index (χ4n) is 0.944. The summed E-state index contributed by atoms with van der Waals surface area (Å²) in [5.74, 6) is -0.140. The molecule has 2 heterocycles. The Labute approximate surface area is 57.3 Å². The van der Waals surface area contributed by atoms with Crippen LogP contribution in [0.4, 0.5) is 0 Å². The summed E-state index contributed by atoms with van der Waals surface area (Å²) in [5.41, 5.74) is 0.488. The number of fused-ring (bicyclic) bond motifs is 1. The monoisotopic (exact) mass is 135 g/mol. The van der Waals surface area contributed by atoms with E-state index >= 15 is 0 Å². The van der Waals surface area contributed by atoms with Gasteiger partial charge in [0.25, 0.3) is 5.91 Å². The zero-order valence-electron chi connectivity index (χ0n) is 5.11. The van der Waals surface area contributed by atoms with Crippen LogP contribution in [0.3, 0.4) is 0 Å². The smallest absolute Gasteiger partial charge is 0.272 e. The third-order valence-corrected chi connectivity index (χ3v) is 1.46. The molecule has 0 radical (unpaired) electrons. The SMILES string of the molecule is O=C1NC=CC2C=NN=C12. The van der Waals surface area contributed by atoms with Crippen LogP contribution in [0.1, 0.15) is 0 Å². The molecule has 0 aromatic heterocycles. The fraction of sp³-hybridized carbons (Fsp3) is 0.167. The van der Waals surface area contributed by atoms with E-state index in [-0.39, 0.29) is 11.8 Å². The molecule has 0 aromatic carbocycles. The predicted molar refractivity (Wildman–Crippen MR) is 36.7 cm³/mol. The molecule has 1 unspecified atom stereocenters. The van der Waals surface area contributed by atoms with Gasteiger partial charge >= 0.3 is 0 Å². The van der Waals surface area contributed by atoms with Gasteiger partial charge in [-0.1, -0.05) is 6.08 Å². The summed E-state index contributed by atoms with van der Waals surface area (Å²) >= 11 is 0. The van der Waals surface area contributed by atoms with Gasteiger partial charge in [-0.3, -0.25) is 4.79 Å². The van der Waals surface area contributed by atoms with Crippen molar-refractivity contribution in [2.45, 2.75) is 0 Å². The molecule has 10 heavy (non-hydrogen) atoms. The zero-order chi connectivity index (χ0) is 6.97. The van der Waals surface area contributed by atoms with E-state index in [0.717, 1.165) is 0 Å². The molecule has 0 saturated heterocycles. The highest BCUT2D eigenvalue weighted by molar-refractivity contribution is 6.44. The second kappa shape index (κ2) is 1.76. The molecule has 1 N–H and O–H groups in total. The highest BCUT2D eigenvalue weighted by atomic mass is 16.2. The van der Waals surface area contributed by atoms with E-state index in [1.807, 2.05) is 6.08 Å². The van der Waals surface area contributed by atoms with E-state index in [1.165, 1.54) is 0 Å². The highest BCUT2D eigenvalue weighted by Crippen LogP contribution is 2.09. The van der Waals surface area contributed by atoms with Crippen LogP contribution < -0.4 is 5.32 Å².